The van der Waals surface area contributed by atoms with E-state index in [4.69, 9.17) is 5.73 Å². The quantitative estimate of drug-likeness (QED) is 0.163. The van der Waals surface area contributed by atoms with E-state index in [0.717, 1.165) is 48.3 Å². The molecule has 7 aromatic rings. The highest BCUT2D eigenvalue weighted by molar-refractivity contribution is 5.98. The third-order valence-electron chi connectivity index (χ3n) is 9.30. The molecule has 3 aromatic heterocycles. The third-order valence-corrected chi connectivity index (χ3v) is 9.30. The van der Waals surface area contributed by atoms with Gasteiger partial charge >= 0.3 is 5.97 Å². The number of pyridine rings is 1. The molecule has 1 saturated carbocycles. The van der Waals surface area contributed by atoms with E-state index in [1.807, 2.05) is 42.6 Å². The van der Waals surface area contributed by atoms with Gasteiger partial charge in [-0.15, -0.1) is 0 Å². The number of fused-ring (bicyclic) bond motifs is 2. The van der Waals surface area contributed by atoms with Gasteiger partial charge in [0.05, 0.1) is 22.3 Å². The number of hydrogen-bond donors (Lipinski definition) is 2. The predicted octanol–water partition coefficient (Wildman–Crippen LogP) is 9.80. The first-order valence-corrected chi connectivity index (χ1v) is 16.8. The number of carbonyl (C=O) groups is 1. The number of nitrogens with two attached hydrogens (primary N) is 1. The second-order valence-electron chi connectivity index (χ2n) is 12.5. The van der Waals surface area contributed by atoms with Gasteiger partial charge in [0.15, 0.2) is 0 Å². The number of aromatic nitrogens is 3. The van der Waals surface area contributed by atoms with Crippen molar-refractivity contribution in [2.45, 2.75) is 52.1 Å². The Morgan fingerprint density at radius 3 is 1.88 bits per heavy atom. The Balaban J connectivity index is 0.000000172. The lowest BCUT2D eigenvalue weighted by molar-refractivity contribution is 0.0695. The molecule has 1 aliphatic carbocycles. The van der Waals surface area contributed by atoms with Gasteiger partial charge in [-0.3, -0.25) is 4.98 Å². The molecule has 48 heavy (non-hydrogen) atoms. The average Bonchev–Trinajstić information content (AvgIpc) is 3.76. The summed E-state index contributed by atoms with van der Waals surface area (Å²) in [6, 6.07) is 35.3. The van der Waals surface area contributed by atoms with Gasteiger partial charge in [-0.05, 0) is 97.3 Å². The van der Waals surface area contributed by atoms with Gasteiger partial charge in [0, 0.05) is 65.7 Å². The van der Waals surface area contributed by atoms with Gasteiger partial charge < -0.3 is 20.0 Å². The molecule has 6 nitrogen and oxygen atoms in total. The molecule has 3 N–H and O–H groups in total. The molecule has 3 heterocycles. The smallest absolute Gasteiger partial charge is 0.337 e. The fourth-order valence-electron chi connectivity index (χ4n) is 6.76. The molecule has 0 amide bonds. The zero-order chi connectivity index (χ0) is 33.2. The molecule has 4 aromatic carbocycles. The molecule has 0 atom stereocenters. The molecule has 6 heteroatoms. The van der Waals surface area contributed by atoms with Crippen molar-refractivity contribution in [1.82, 2.24) is 14.1 Å². The maximum Gasteiger partial charge on any atom is 0.337 e. The Bertz CT molecular complexity index is 2230. The van der Waals surface area contributed by atoms with Crippen molar-refractivity contribution in [2.24, 2.45) is 0 Å². The molecule has 0 radical (unpaired) electrons. The molecular formula is C42H40N4O2. The molecular weight excluding hydrogens is 592 g/mol. The van der Waals surface area contributed by atoms with Gasteiger partial charge in [0.2, 0.25) is 0 Å². The number of carboxylic acid groups (broad SMARTS) is 1. The van der Waals surface area contributed by atoms with Crippen LogP contribution in [0.3, 0.4) is 0 Å². The van der Waals surface area contributed by atoms with Crippen LogP contribution >= 0.6 is 0 Å². The summed E-state index contributed by atoms with van der Waals surface area (Å²) in [7, 11) is 0. The van der Waals surface area contributed by atoms with Crippen molar-refractivity contribution in [3.63, 3.8) is 0 Å². The van der Waals surface area contributed by atoms with Crippen molar-refractivity contribution in [3.05, 3.63) is 144 Å². The zero-order valence-corrected chi connectivity index (χ0v) is 27.4. The van der Waals surface area contributed by atoms with E-state index in [2.05, 4.69) is 107 Å². The highest BCUT2D eigenvalue weighted by atomic mass is 16.4. The van der Waals surface area contributed by atoms with E-state index in [-0.39, 0.29) is 0 Å². The summed E-state index contributed by atoms with van der Waals surface area (Å²) in [4.78, 5) is 16.5. The number of nitrogens with zero attached hydrogens (tertiary/aromatic N) is 3. The monoisotopic (exact) mass is 632 g/mol. The molecule has 8 rings (SSSR count). The Hall–Kier alpha value is -5.62. The summed E-state index contributed by atoms with van der Waals surface area (Å²) in [5, 5.41) is 12.1. The van der Waals surface area contributed by atoms with Gasteiger partial charge in [-0.25, -0.2) is 4.79 Å². The topological polar surface area (TPSA) is 86.1 Å². The van der Waals surface area contributed by atoms with Crippen LogP contribution in [0.15, 0.2) is 122 Å². The van der Waals surface area contributed by atoms with Crippen LogP contribution in [-0.2, 0) is 19.5 Å². The van der Waals surface area contributed by atoms with E-state index in [1.165, 1.54) is 38.5 Å². The summed E-state index contributed by atoms with van der Waals surface area (Å²) in [5.41, 5.74) is 17.1. The number of anilines is 1. The van der Waals surface area contributed by atoms with Crippen LogP contribution in [0.1, 0.15) is 59.8 Å². The molecule has 1 fully saturated rings. The molecule has 0 spiro atoms. The summed E-state index contributed by atoms with van der Waals surface area (Å²) in [6.07, 6.45) is 8.86. The third kappa shape index (κ3) is 6.21. The van der Waals surface area contributed by atoms with Crippen LogP contribution in [0.2, 0.25) is 0 Å². The molecule has 0 unspecified atom stereocenters. The molecule has 1 aliphatic rings. The van der Waals surface area contributed by atoms with Gasteiger partial charge in [-0.2, -0.15) is 0 Å². The summed E-state index contributed by atoms with van der Waals surface area (Å²) in [5.74, 6) is -0.416. The van der Waals surface area contributed by atoms with Crippen LogP contribution < -0.4 is 5.73 Å². The minimum absolute atomic E-state index is 0.326. The van der Waals surface area contributed by atoms with Crippen molar-refractivity contribution < 1.29 is 9.90 Å². The van der Waals surface area contributed by atoms with Crippen LogP contribution in [0.5, 0.6) is 0 Å². The fraction of sp³-hybridized carbons (Fsp3) is 0.190. The number of carboxylic acids is 1. The molecule has 240 valence electrons. The van der Waals surface area contributed by atoms with E-state index in [0.29, 0.717) is 23.6 Å². The van der Waals surface area contributed by atoms with Crippen molar-refractivity contribution in [3.8, 4) is 22.3 Å². The highest BCUT2D eigenvalue weighted by Crippen LogP contribution is 2.40. The normalized spacial score (nSPS) is 12.6. The van der Waals surface area contributed by atoms with Crippen LogP contribution in [0.25, 0.3) is 44.1 Å². The lowest BCUT2D eigenvalue weighted by atomic mass is 9.96. The number of aryl methyl sites for hydroxylation is 2. The molecule has 0 aliphatic heterocycles. The number of rotatable bonds is 8. The second-order valence-corrected chi connectivity index (χ2v) is 12.5. The van der Waals surface area contributed by atoms with Gasteiger partial charge in [0.25, 0.3) is 0 Å². The van der Waals surface area contributed by atoms with Crippen molar-refractivity contribution in [1.29, 1.82) is 0 Å². The Kier molecular flexibility index (Phi) is 8.55. The molecule has 0 bridgehead atoms. The Morgan fingerprint density at radius 1 is 0.771 bits per heavy atom. The van der Waals surface area contributed by atoms with E-state index in [1.54, 1.807) is 0 Å². The average molecular weight is 633 g/mol. The van der Waals surface area contributed by atoms with Crippen LogP contribution in [0, 0.1) is 0 Å². The highest BCUT2D eigenvalue weighted by Gasteiger charge is 2.26. The number of nitrogen functional groups attached to an aromatic ring is 1. The number of aromatic carboxylic acids is 1. The maximum atomic E-state index is 11.9. The van der Waals surface area contributed by atoms with Gasteiger partial charge in [-0.1, -0.05) is 60.7 Å². The summed E-state index contributed by atoms with van der Waals surface area (Å²) in [6.45, 7) is 6.17. The Labute approximate surface area is 281 Å². The fourth-order valence-corrected chi connectivity index (χ4v) is 6.76. The van der Waals surface area contributed by atoms with Crippen molar-refractivity contribution in [2.75, 3.05) is 5.73 Å². The maximum absolute atomic E-state index is 11.9. The van der Waals surface area contributed by atoms with Crippen LogP contribution in [0.4, 0.5) is 5.69 Å². The lowest BCUT2D eigenvalue weighted by Crippen LogP contribution is -2.07. The first-order chi connectivity index (χ1) is 23.4. The Morgan fingerprint density at radius 2 is 1.33 bits per heavy atom. The van der Waals surface area contributed by atoms with Crippen molar-refractivity contribution >= 4 is 33.5 Å². The predicted molar refractivity (Wildman–Crippen MR) is 196 cm³/mol. The standard InChI is InChI=1S/C26H24N2O2.C16H16N2/c1-2-28-11-10-20-12-17(13-22(25(20)28)19-6-4-3-5-7-19)14-24-23(26(29)30)15-21(16-27-24)18-8-9-18;1-2-18-9-8-13-10-14(17)11-15(16(13)18)12-6-4-3-5-7-12/h3-7,10-13,15-16,18H,2,8-9,14H2,1H3,(H,29,30);3-11H,2,17H2,1H3. The molecule has 0 saturated heterocycles. The largest absolute Gasteiger partial charge is 0.478 e. The van der Waals surface area contributed by atoms with Gasteiger partial charge in [0.1, 0.15) is 0 Å². The first-order valence-electron chi connectivity index (χ1n) is 16.8. The zero-order valence-electron chi connectivity index (χ0n) is 27.4. The summed E-state index contributed by atoms with van der Waals surface area (Å²) < 4.78 is 4.52. The van der Waals surface area contributed by atoms with E-state index < -0.39 is 5.97 Å². The SMILES string of the molecule is CCn1ccc2cc(Cc3ncc(C4CC4)cc3C(=O)O)cc(-c3ccccc3)c21.CCn1ccc2cc(N)cc(-c3ccccc3)c21. The number of benzene rings is 4. The summed E-state index contributed by atoms with van der Waals surface area (Å²) >= 11 is 0. The van der Waals surface area contributed by atoms with Crippen LogP contribution in [-0.4, -0.2) is 25.2 Å². The number of hydrogen-bond acceptors (Lipinski definition) is 3. The minimum Gasteiger partial charge on any atom is -0.478 e. The lowest BCUT2D eigenvalue weighted by Gasteiger charge is -2.13. The second kappa shape index (κ2) is 13.2. The first kappa shape index (κ1) is 31.0. The minimum atomic E-state index is -0.901. The van der Waals surface area contributed by atoms with E-state index in [9.17, 15) is 9.90 Å². The van der Waals surface area contributed by atoms with E-state index >= 15 is 0 Å².